The van der Waals surface area contributed by atoms with Crippen molar-refractivity contribution in [3.8, 4) is 5.75 Å². The van der Waals surface area contributed by atoms with Crippen LogP contribution >= 0.6 is 0 Å². The Kier molecular flexibility index (Phi) is 9.18. The molecule has 0 saturated heterocycles. The molecule has 0 aliphatic rings. The summed E-state index contributed by atoms with van der Waals surface area (Å²) in [6.07, 6.45) is 5.17. The first-order chi connectivity index (χ1) is 17.3. The second-order valence-corrected chi connectivity index (χ2v) is 9.30. The van der Waals surface area contributed by atoms with Gasteiger partial charge in [-0.3, -0.25) is 0 Å². The molecule has 5 nitrogen and oxygen atoms in total. The van der Waals surface area contributed by atoms with Crippen molar-refractivity contribution in [3.63, 3.8) is 0 Å². The van der Waals surface area contributed by atoms with E-state index in [1.807, 2.05) is 51.2 Å². The van der Waals surface area contributed by atoms with Crippen LogP contribution in [0.3, 0.4) is 0 Å². The summed E-state index contributed by atoms with van der Waals surface area (Å²) in [4.78, 5) is 14.4. The number of nitrogens with one attached hydrogen (secondary N) is 1. The second kappa shape index (κ2) is 12.3. The zero-order chi connectivity index (χ0) is 26.1. The smallest absolute Gasteiger partial charge is 0.338 e. The molecule has 36 heavy (non-hydrogen) atoms. The number of esters is 1. The third kappa shape index (κ3) is 6.69. The highest BCUT2D eigenvalue weighted by Gasteiger charge is 2.24. The van der Waals surface area contributed by atoms with Gasteiger partial charge in [-0.1, -0.05) is 38.1 Å². The molecule has 0 bridgehead atoms. The van der Waals surface area contributed by atoms with Crippen LogP contribution in [0.1, 0.15) is 55.6 Å². The van der Waals surface area contributed by atoms with Gasteiger partial charge in [0.15, 0.2) is 0 Å². The molecule has 5 heteroatoms. The van der Waals surface area contributed by atoms with Crippen LogP contribution in [0.5, 0.6) is 5.75 Å². The van der Waals surface area contributed by atoms with Crippen molar-refractivity contribution in [2.45, 2.75) is 39.5 Å². The lowest BCUT2D eigenvalue weighted by Gasteiger charge is -2.27. The van der Waals surface area contributed by atoms with E-state index in [0.717, 1.165) is 40.4 Å². The standard InChI is InChI=1S/C31H38N2O3/c1-7-35-27-18-16-26(17-19-27)33(6)25-14-11-23(12-15-25)10-9-21-31(3,4)28-22-24(30(34)36-8-2)13-20-29(28)32-5/h9-20,22,32H,7-8,21H2,1-6H3. The van der Waals surface area contributed by atoms with Crippen molar-refractivity contribution in [2.24, 2.45) is 0 Å². The van der Waals surface area contributed by atoms with Crippen LogP contribution in [0.4, 0.5) is 17.1 Å². The average molecular weight is 487 g/mol. The minimum atomic E-state index is -0.289. The summed E-state index contributed by atoms with van der Waals surface area (Å²) in [5.74, 6) is 0.593. The quantitative estimate of drug-likeness (QED) is 0.285. The first-order valence-corrected chi connectivity index (χ1v) is 12.5. The van der Waals surface area contributed by atoms with E-state index in [0.29, 0.717) is 18.8 Å². The number of hydrogen-bond donors (Lipinski definition) is 1. The van der Waals surface area contributed by atoms with Crippen molar-refractivity contribution in [1.29, 1.82) is 0 Å². The van der Waals surface area contributed by atoms with Gasteiger partial charge in [-0.15, -0.1) is 0 Å². The zero-order valence-corrected chi connectivity index (χ0v) is 22.3. The van der Waals surface area contributed by atoms with Gasteiger partial charge in [0.05, 0.1) is 18.8 Å². The number of allylic oxidation sites excluding steroid dienone is 1. The molecule has 0 heterocycles. The molecular weight excluding hydrogens is 448 g/mol. The Morgan fingerprint density at radius 3 is 2.17 bits per heavy atom. The summed E-state index contributed by atoms with van der Waals surface area (Å²) in [6.45, 7) is 9.22. The molecule has 190 valence electrons. The molecule has 0 atom stereocenters. The third-order valence-electron chi connectivity index (χ3n) is 6.28. The van der Waals surface area contributed by atoms with E-state index in [-0.39, 0.29) is 11.4 Å². The summed E-state index contributed by atoms with van der Waals surface area (Å²) in [5, 5.41) is 3.26. The Hall–Kier alpha value is -3.73. The fourth-order valence-corrected chi connectivity index (χ4v) is 4.15. The first-order valence-electron chi connectivity index (χ1n) is 12.5. The van der Waals surface area contributed by atoms with Gasteiger partial charge in [0.2, 0.25) is 0 Å². The number of hydrogen-bond acceptors (Lipinski definition) is 5. The van der Waals surface area contributed by atoms with Crippen LogP contribution in [0, 0.1) is 0 Å². The summed E-state index contributed by atoms with van der Waals surface area (Å²) < 4.78 is 10.7. The molecule has 0 fully saturated rings. The van der Waals surface area contributed by atoms with E-state index in [2.05, 4.69) is 79.7 Å². The normalized spacial score (nSPS) is 11.4. The Bertz CT molecular complexity index is 1170. The van der Waals surface area contributed by atoms with E-state index >= 15 is 0 Å². The van der Waals surface area contributed by atoms with Crippen LogP contribution in [0.2, 0.25) is 0 Å². The van der Waals surface area contributed by atoms with Gasteiger partial charge in [-0.05, 0) is 91.4 Å². The van der Waals surface area contributed by atoms with Gasteiger partial charge in [0, 0.05) is 31.2 Å². The molecule has 0 radical (unpaired) electrons. The molecule has 0 unspecified atom stereocenters. The topological polar surface area (TPSA) is 50.8 Å². The van der Waals surface area contributed by atoms with E-state index in [9.17, 15) is 4.79 Å². The van der Waals surface area contributed by atoms with Crippen LogP contribution in [0.15, 0.2) is 72.8 Å². The van der Waals surface area contributed by atoms with Crippen LogP contribution in [0.25, 0.3) is 6.08 Å². The van der Waals surface area contributed by atoms with E-state index in [4.69, 9.17) is 9.47 Å². The summed E-state index contributed by atoms with van der Waals surface area (Å²) in [7, 11) is 3.97. The van der Waals surface area contributed by atoms with E-state index < -0.39 is 0 Å². The van der Waals surface area contributed by atoms with Gasteiger partial charge in [0.25, 0.3) is 0 Å². The predicted octanol–water partition coefficient (Wildman–Crippen LogP) is 7.45. The van der Waals surface area contributed by atoms with E-state index in [1.165, 1.54) is 0 Å². The maximum absolute atomic E-state index is 12.3. The lowest BCUT2D eigenvalue weighted by Crippen LogP contribution is -2.19. The molecule has 0 spiro atoms. The van der Waals surface area contributed by atoms with Gasteiger partial charge in [0.1, 0.15) is 5.75 Å². The summed E-state index contributed by atoms with van der Waals surface area (Å²) >= 11 is 0. The molecule has 0 aliphatic heterocycles. The molecule has 3 rings (SSSR count). The highest BCUT2D eigenvalue weighted by Crippen LogP contribution is 2.34. The van der Waals surface area contributed by atoms with Crippen molar-refractivity contribution in [2.75, 3.05) is 37.5 Å². The largest absolute Gasteiger partial charge is 0.494 e. The summed E-state index contributed by atoms with van der Waals surface area (Å²) in [5.41, 5.74) is 5.88. The van der Waals surface area contributed by atoms with Gasteiger partial charge < -0.3 is 19.7 Å². The molecule has 3 aromatic rings. The predicted molar refractivity (Wildman–Crippen MR) is 151 cm³/mol. The van der Waals surface area contributed by atoms with Crippen molar-refractivity contribution < 1.29 is 14.3 Å². The molecule has 0 aromatic heterocycles. The minimum Gasteiger partial charge on any atom is -0.494 e. The zero-order valence-electron chi connectivity index (χ0n) is 22.3. The van der Waals surface area contributed by atoms with Gasteiger partial charge in [-0.2, -0.15) is 0 Å². The Morgan fingerprint density at radius 1 is 0.944 bits per heavy atom. The van der Waals surface area contributed by atoms with Crippen LogP contribution in [-0.4, -0.2) is 33.3 Å². The first kappa shape index (κ1) is 26.9. The van der Waals surface area contributed by atoms with Crippen LogP contribution in [-0.2, 0) is 10.2 Å². The van der Waals surface area contributed by atoms with Crippen molar-refractivity contribution in [3.05, 3.63) is 89.5 Å². The van der Waals surface area contributed by atoms with Gasteiger partial charge in [-0.25, -0.2) is 4.79 Å². The fourth-order valence-electron chi connectivity index (χ4n) is 4.15. The number of carbonyl (C=O) groups is 1. The maximum atomic E-state index is 12.3. The molecule has 0 saturated carbocycles. The van der Waals surface area contributed by atoms with Crippen molar-refractivity contribution in [1.82, 2.24) is 0 Å². The number of ether oxygens (including phenoxy) is 2. The lowest BCUT2D eigenvalue weighted by atomic mass is 9.79. The minimum absolute atomic E-state index is 0.175. The Morgan fingerprint density at radius 2 is 1.58 bits per heavy atom. The monoisotopic (exact) mass is 486 g/mol. The number of benzene rings is 3. The second-order valence-electron chi connectivity index (χ2n) is 9.30. The third-order valence-corrected chi connectivity index (χ3v) is 6.28. The highest BCUT2D eigenvalue weighted by molar-refractivity contribution is 5.90. The number of rotatable bonds is 11. The molecule has 0 aliphatic carbocycles. The molecule has 3 aromatic carbocycles. The highest BCUT2D eigenvalue weighted by atomic mass is 16.5. The SMILES string of the molecule is CCOC(=O)c1ccc(NC)c(C(C)(C)CC=Cc2ccc(N(C)c3ccc(OCC)cc3)cc2)c1. The summed E-state index contributed by atoms with van der Waals surface area (Å²) in [6, 6.07) is 22.3. The number of carbonyl (C=O) groups excluding carboxylic acids is 1. The Balaban J connectivity index is 1.69. The maximum Gasteiger partial charge on any atom is 0.338 e. The Labute approximate surface area is 215 Å². The molecular formula is C31H38N2O3. The van der Waals surface area contributed by atoms with Crippen molar-refractivity contribution >= 4 is 29.1 Å². The van der Waals surface area contributed by atoms with Gasteiger partial charge >= 0.3 is 5.97 Å². The fraction of sp³-hybridized carbons (Fsp3) is 0.323. The number of anilines is 3. The average Bonchev–Trinajstić information content (AvgIpc) is 2.89. The van der Waals surface area contributed by atoms with E-state index in [1.54, 1.807) is 0 Å². The molecule has 0 amide bonds. The lowest BCUT2D eigenvalue weighted by molar-refractivity contribution is 0.0526. The van der Waals surface area contributed by atoms with Crippen LogP contribution < -0.4 is 15.0 Å². The number of nitrogens with zero attached hydrogens (tertiary/aromatic N) is 1. The molecule has 1 N–H and O–H groups in total.